The first kappa shape index (κ1) is 12.6. The fourth-order valence-corrected chi connectivity index (χ4v) is 2.03. The molecular weight excluding hydrogens is 250 g/mol. The predicted octanol–water partition coefficient (Wildman–Crippen LogP) is 1.71. The Labute approximate surface area is 109 Å². The summed E-state index contributed by atoms with van der Waals surface area (Å²) in [6.07, 6.45) is 3.12. The fraction of sp³-hybridized carbons (Fsp3) is 0.273. The van der Waals surface area contributed by atoms with Crippen LogP contribution in [0.4, 0.5) is 5.69 Å². The molecule has 0 aliphatic heterocycles. The SMILES string of the molecule is CCOc1ncnc(Sc2nccc(C)n2)c1N. The van der Waals surface area contributed by atoms with Crippen molar-refractivity contribution < 1.29 is 4.74 Å². The van der Waals surface area contributed by atoms with E-state index < -0.39 is 0 Å². The summed E-state index contributed by atoms with van der Waals surface area (Å²) in [7, 11) is 0. The van der Waals surface area contributed by atoms with E-state index in [0.29, 0.717) is 28.4 Å². The maximum absolute atomic E-state index is 5.93. The molecule has 2 rings (SSSR count). The third-order valence-corrected chi connectivity index (χ3v) is 2.95. The largest absolute Gasteiger partial charge is 0.476 e. The van der Waals surface area contributed by atoms with Gasteiger partial charge < -0.3 is 10.5 Å². The number of nitrogen functional groups attached to an aromatic ring is 1. The van der Waals surface area contributed by atoms with Gasteiger partial charge in [-0.05, 0) is 31.7 Å². The van der Waals surface area contributed by atoms with E-state index in [-0.39, 0.29) is 0 Å². The van der Waals surface area contributed by atoms with Crippen LogP contribution in [-0.4, -0.2) is 26.5 Å². The molecular formula is C11H13N5OS. The molecule has 0 unspecified atom stereocenters. The van der Waals surface area contributed by atoms with E-state index in [2.05, 4.69) is 19.9 Å². The Hall–Kier alpha value is -1.89. The molecule has 0 radical (unpaired) electrons. The molecule has 0 saturated heterocycles. The first-order valence-corrected chi connectivity index (χ1v) is 6.23. The highest BCUT2D eigenvalue weighted by Gasteiger charge is 2.11. The quantitative estimate of drug-likeness (QED) is 0.663. The molecule has 2 N–H and O–H groups in total. The van der Waals surface area contributed by atoms with E-state index in [1.54, 1.807) is 6.20 Å². The lowest BCUT2D eigenvalue weighted by Crippen LogP contribution is -2.02. The summed E-state index contributed by atoms with van der Waals surface area (Å²) in [6.45, 7) is 4.28. The molecule has 0 saturated carbocycles. The molecule has 0 spiro atoms. The Balaban J connectivity index is 2.26. The Morgan fingerprint density at radius 1 is 1.33 bits per heavy atom. The summed E-state index contributed by atoms with van der Waals surface area (Å²) in [6, 6.07) is 1.83. The second kappa shape index (κ2) is 5.63. The number of aryl methyl sites for hydroxylation is 1. The normalized spacial score (nSPS) is 10.3. The summed E-state index contributed by atoms with van der Waals surface area (Å²) < 4.78 is 5.31. The molecule has 0 fully saturated rings. The minimum Gasteiger partial charge on any atom is -0.476 e. The second-order valence-electron chi connectivity index (χ2n) is 3.41. The van der Waals surface area contributed by atoms with E-state index in [0.717, 1.165) is 5.69 Å². The Morgan fingerprint density at radius 2 is 2.17 bits per heavy atom. The minimum absolute atomic E-state index is 0.391. The van der Waals surface area contributed by atoms with Crippen molar-refractivity contribution in [3.8, 4) is 5.88 Å². The molecule has 18 heavy (non-hydrogen) atoms. The molecule has 0 bridgehead atoms. The highest BCUT2D eigenvalue weighted by atomic mass is 32.2. The third kappa shape index (κ3) is 2.86. The number of hydrogen-bond donors (Lipinski definition) is 1. The fourth-order valence-electron chi connectivity index (χ4n) is 1.26. The van der Waals surface area contributed by atoms with Gasteiger partial charge in [0.15, 0.2) is 5.16 Å². The molecule has 2 aromatic rings. The van der Waals surface area contributed by atoms with Crippen molar-refractivity contribution in [2.24, 2.45) is 0 Å². The van der Waals surface area contributed by atoms with Gasteiger partial charge in [-0.1, -0.05) is 0 Å². The zero-order valence-electron chi connectivity index (χ0n) is 10.1. The average Bonchev–Trinajstić information content (AvgIpc) is 2.35. The lowest BCUT2D eigenvalue weighted by atomic mass is 10.5. The van der Waals surface area contributed by atoms with Crippen LogP contribution < -0.4 is 10.5 Å². The average molecular weight is 263 g/mol. The Bertz CT molecular complexity index is 549. The van der Waals surface area contributed by atoms with Gasteiger partial charge in [0.1, 0.15) is 17.0 Å². The summed E-state index contributed by atoms with van der Waals surface area (Å²) in [4.78, 5) is 16.5. The van der Waals surface area contributed by atoms with Crippen LogP contribution in [0.5, 0.6) is 5.88 Å². The van der Waals surface area contributed by atoms with Gasteiger partial charge in [-0.15, -0.1) is 0 Å². The first-order chi connectivity index (χ1) is 8.70. The summed E-state index contributed by atoms with van der Waals surface area (Å²) in [5.41, 5.74) is 7.23. The molecule has 94 valence electrons. The van der Waals surface area contributed by atoms with Gasteiger partial charge in [0.2, 0.25) is 5.88 Å². The van der Waals surface area contributed by atoms with Crippen LogP contribution >= 0.6 is 11.8 Å². The maximum atomic E-state index is 5.93. The lowest BCUT2D eigenvalue weighted by Gasteiger charge is -2.07. The van der Waals surface area contributed by atoms with Crippen molar-refractivity contribution in [2.45, 2.75) is 24.0 Å². The summed E-state index contributed by atoms with van der Waals surface area (Å²) >= 11 is 1.29. The lowest BCUT2D eigenvalue weighted by molar-refractivity contribution is 0.327. The van der Waals surface area contributed by atoms with Crippen LogP contribution in [0.1, 0.15) is 12.6 Å². The van der Waals surface area contributed by atoms with Crippen molar-refractivity contribution in [1.82, 2.24) is 19.9 Å². The van der Waals surface area contributed by atoms with Crippen LogP contribution in [0, 0.1) is 6.92 Å². The molecule has 0 aromatic carbocycles. The predicted molar refractivity (Wildman–Crippen MR) is 68.5 cm³/mol. The molecule has 6 nitrogen and oxygen atoms in total. The number of hydrogen-bond acceptors (Lipinski definition) is 7. The van der Waals surface area contributed by atoms with Gasteiger partial charge in [0.25, 0.3) is 0 Å². The van der Waals surface area contributed by atoms with Gasteiger partial charge in [-0.3, -0.25) is 0 Å². The number of rotatable bonds is 4. The smallest absolute Gasteiger partial charge is 0.241 e. The zero-order valence-corrected chi connectivity index (χ0v) is 10.9. The summed E-state index contributed by atoms with van der Waals surface area (Å²) in [5, 5.41) is 1.20. The van der Waals surface area contributed by atoms with Gasteiger partial charge in [-0.2, -0.15) is 4.98 Å². The van der Waals surface area contributed by atoms with E-state index in [4.69, 9.17) is 10.5 Å². The van der Waals surface area contributed by atoms with Crippen LogP contribution in [0.25, 0.3) is 0 Å². The van der Waals surface area contributed by atoms with Crippen molar-refractivity contribution in [1.29, 1.82) is 0 Å². The van der Waals surface area contributed by atoms with E-state index in [1.165, 1.54) is 18.1 Å². The number of anilines is 1. The highest BCUT2D eigenvalue weighted by molar-refractivity contribution is 7.99. The van der Waals surface area contributed by atoms with Gasteiger partial charge in [-0.25, -0.2) is 15.0 Å². The molecule has 0 amide bonds. The first-order valence-electron chi connectivity index (χ1n) is 5.41. The van der Waals surface area contributed by atoms with Gasteiger partial charge in [0.05, 0.1) is 6.61 Å². The van der Waals surface area contributed by atoms with Gasteiger partial charge in [0, 0.05) is 11.9 Å². The molecule has 0 aliphatic carbocycles. The van der Waals surface area contributed by atoms with Crippen molar-refractivity contribution in [3.05, 3.63) is 24.3 Å². The Kier molecular flexibility index (Phi) is 3.93. The molecule has 2 heterocycles. The van der Waals surface area contributed by atoms with Crippen LogP contribution in [0.2, 0.25) is 0 Å². The molecule has 0 aliphatic rings. The minimum atomic E-state index is 0.391. The number of nitrogens with two attached hydrogens (primary N) is 1. The van der Waals surface area contributed by atoms with Crippen molar-refractivity contribution >= 4 is 17.4 Å². The third-order valence-electron chi connectivity index (χ3n) is 2.05. The van der Waals surface area contributed by atoms with E-state index in [9.17, 15) is 0 Å². The topological polar surface area (TPSA) is 86.8 Å². The molecule has 2 aromatic heterocycles. The molecule has 7 heteroatoms. The van der Waals surface area contributed by atoms with E-state index >= 15 is 0 Å². The standard InChI is InChI=1S/C11H13N5OS/c1-3-17-9-8(12)10(15-6-14-9)18-11-13-5-4-7(2)16-11/h4-6H,3,12H2,1-2H3. The zero-order chi connectivity index (χ0) is 13.0. The van der Waals surface area contributed by atoms with Crippen LogP contribution in [-0.2, 0) is 0 Å². The second-order valence-corrected chi connectivity index (χ2v) is 4.37. The maximum Gasteiger partial charge on any atom is 0.241 e. The van der Waals surface area contributed by atoms with Crippen molar-refractivity contribution in [2.75, 3.05) is 12.3 Å². The van der Waals surface area contributed by atoms with Crippen LogP contribution in [0.3, 0.4) is 0 Å². The molecule has 0 atom stereocenters. The summed E-state index contributed by atoms with van der Waals surface area (Å²) in [5.74, 6) is 0.391. The highest BCUT2D eigenvalue weighted by Crippen LogP contribution is 2.31. The number of ether oxygens (including phenoxy) is 1. The van der Waals surface area contributed by atoms with Crippen molar-refractivity contribution in [3.63, 3.8) is 0 Å². The van der Waals surface area contributed by atoms with Gasteiger partial charge >= 0.3 is 0 Å². The number of aromatic nitrogens is 4. The van der Waals surface area contributed by atoms with E-state index in [1.807, 2.05) is 19.9 Å². The monoisotopic (exact) mass is 263 g/mol. The Morgan fingerprint density at radius 3 is 2.89 bits per heavy atom. The van der Waals surface area contributed by atoms with Crippen LogP contribution in [0.15, 0.2) is 28.8 Å². The number of nitrogens with zero attached hydrogens (tertiary/aromatic N) is 4.